The second kappa shape index (κ2) is 4.43. The number of nitrogens with one attached hydrogen (secondary N) is 1. The summed E-state index contributed by atoms with van der Waals surface area (Å²) < 4.78 is 0. The molecule has 1 heteroatoms. The molecule has 1 N–H and O–H groups in total. The number of hydrogen-bond donors (Lipinski definition) is 1. The Balaban J connectivity index is 1.95. The third kappa shape index (κ3) is 1.77. The van der Waals surface area contributed by atoms with Crippen LogP contribution in [-0.4, -0.2) is 0 Å². The van der Waals surface area contributed by atoms with Gasteiger partial charge in [-0.2, -0.15) is 0 Å². The quantitative estimate of drug-likeness (QED) is 0.632. The number of benzene rings is 2. The molecule has 0 bridgehead atoms. The zero-order valence-electron chi connectivity index (χ0n) is 10.3. The van der Waals surface area contributed by atoms with Crippen molar-refractivity contribution in [3.05, 3.63) is 84.4 Å². The lowest BCUT2D eigenvalue weighted by Gasteiger charge is -2.13. The molecule has 1 saturated heterocycles. The molecule has 0 aliphatic carbocycles. The zero-order chi connectivity index (χ0) is 12.4. The molecule has 1 fully saturated rings. The first-order valence-electron chi connectivity index (χ1n) is 6.36. The van der Waals surface area contributed by atoms with E-state index in [1.165, 1.54) is 11.1 Å². The summed E-state index contributed by atoms with van der Waals surface area (Å²) >= 11 is 0. The van der Waals surface area contributed by atoms with E-state index in [1.807, 2.05) is 6.08 Å². The molecule has 0 saturated carbocycles. The van der Waals surface area contributed by atoms with Crippen molar-refractivity contribution in [3.8, 4) is 0 Å². The molecular weight excluding hydrogens is 218 g/mol. The summed E-state index contributed by atoms with van der Waals surface area (Å²) in [5.74, 6) is 0. The van der Waals surface area contributed by atoms with Crippen molar-refractivity contribution in [2.75, 3.05) is 0 Å². The molecule has 18 heavy (non-hydrogen) atoms. The van der Waals surface area contributed by atoms with Crippen LogP contribution < -0.4 is 5.32 Å². The van der Waals surface area contributed by atoms with E-state index >= 15 is 0 Å². The Morgan fingerprint density at radius 2 is 1.61 bits per heavy atom. The monoisotopic (exact) mass is 235 g/mol. The SMILES string of the molecule is C=CC[C@]1(c2ccccc2)N[C@H]1c1ccccc1. The predicted molar refractivity (Wildman–Crippen MR) is 75.3 cm³/mol. The lowest BCUT2D eigenvalue weighted by atomic mass is 9.89. The van der Waals surface area contributed by atoms with Gasteiger partial charge in [-0.3, -0.25) is 5.32 Å². The third-order valence-corrected chi connectivity index (χ3v) is 3.70. The fourth-order valence-corrected chi connectivity index (χ4v) is 2.74. The second-order valence-electron chi connectivity index (χ2n) is 4.82. The zero-order valence-corrected chi connectivity index (χ0v) is 10.3. The normalized spacial score (nSPS) is 25.7. The van der Waals surface area contributed by atoms with Crippen LogP contribution in [-0.2, 0) is 5.54 Å². The van der Waals surface area contributed by atoms with Crippen molar-refractivity contribution in [2.24, 2.45) is 0 Å². The lowest BCUT2D eigenvalue weighted by molar-refractivity contribution is 0.660. The fraction of sp³-hybridized carbons (Fsp3) is 0.176. The lowest BCUT2D eigenvalue weighted by Crippen LogP contribution is -2.11. The van der Waals surface area contributed by atoms with Crippen molar-refractivity contribution >= 4 is 0 Å². The Bertz CT molecular complexity index is 532. The molecule has 1 heterocycles. The maximum absolute atomic E-state index is 3.90. The van der Waals surface area contributed by atoms with Crippen molar-refractivity contribution in [3.63, 3.8) is 0 Å². The van der Waals surface area contributed by atoms with Crippen molar-refractivity contribution in [1.82, 2.24) is 5.32 Å². The van der Waals surface area contributed by atoms with Gasteiger partial charge in [0, 0.05) is 0 Å². The molecule has 0 radical (unpaired) electrons. The van der Waals surface area contributed by atoms with Crippen LogP contribution in [0.4, 0.5) is 0 Å². The van der Waals surface area contributed by atoms with Crippen LogP contribution in [0.3, 0.4) is 0 Å². The van der Waals surface area contributed by atoms with Crippen LogP contribution in [0.1, 0.15) is 23.6 Å². The first-order valence-corrected chi connectivity index (χ1v) is 6.36. The van der Waals surface area contributed by atoms with Gasteiger partial charge in [0.15, 0.2) is 0 Å². The summed E-state index contributed by atoms with van der Waals surface area (Å²) in [6.07, 6.45) is 2.96. The number of hydrogen-bond acceptors (Lipinski definition) is 1. The molecular formula is C17H17N. The van der Waals surface area contributed by atoms with E-state index in [0.29, 0.717) is 6.04 Å². The third-order valence-electron chi connectivity index (χ3n) is 3.70. The van der Waals surface area contributed by atoms with Gasteiger partial charge in [0.05, 0.1) is 11.6 Å². The molecule has 3 rings (SSSR count). The van der Waals surface area contributed by atoms with Crippen LogP contribution in [0.15, 0.2) is 73.3 Å². The van der Waals surface area contributed by atoms with E-state index in [1.54, 1.807) is 0 Å². The molecule has 2 aromatic rings. The minimum Gasteiger partial charge on any atom is -0.297 e. The highest BCUT2D eigenvalue weighted by Crippen LogP contribution is 2.51. The van der Waals surface area contributed by atoms with Gasteiger partial charge in [0.1, 0.15) is 0 Å². The van der Waals surface area contributed by atoms with Gasteiger partial charge >= 0.3 is 0 Å². The van der Waals surface area contributed by atoms with Crippen LogP contribution in [0.25, 0.3) is 0 Å². The van der Waals surface area contributed by atoms with E-state index in [4.69, 9.17) is 0 Å². The van der Waals surface area contributed by atoms with Gasteiger partial charge in [-0.05, 0) is 17.5 Å². The van der Waals surface area contributed by atoms with E-state index < -0.39 is 0 Å². The first-order chi connectivity index (χ1) is 8.87. The highest BCUT2D eigenvalue weighted by Gasteiger charge is 2.54. The maximum atomic E-state index is 3.90. The summed E-state index contributed by atoms with van der Waals surface area (Å²) in [6, 6.07) is 21.7. The topological polar surface area (TPSA) is 21.9 Å². The molecule has 1 aliphatic heterocycles. The van der Waals surface area contributed by atoms with Crippen molar-refractivity contribution < 1.29 is 0 Å². The molecule has 0 amide bonds. The van der Waals surface area contributed by atoms with Gasteiger partial charge < -0.3 is 0 Å². The minimum atomic E-state index is 0.0460. The molecule has 1 nitrogen and oxygen atoms in total. The van der Waals surface area contributed by atoms with Crippen LogP contribution in [0.5, 0.6) is 0 Å². The smallest absolute Gasteiger partial charge is 0.0672 e. The van der Waals surface area contributed by atoms with Gasteiger partial charge in [0.25, 0.3) is 0 Å². The Morgan fingerprint density at radius 3 is 2.22 bits per heavy atom. The van der Waals surface area contributed by atoms with Crippen molar-refractivity contribution in [1.29, 1.82) is 0 Å². The molecule has 2 aromatic carbocycles. The number of rotatable bonds is 4. The molecule has 0 aromatic heterocycles. The Morgan fingerprint density at radius 1 is 1.00 bits per heavy atom. The summed E-state index contributed by atoms with van der Waals surface area (Å²) in [6.45, 7) is 3.90. The maximum Gasteiger partial charge on any atom is 0.0672 e. The first kappa shape index (κ1) is 11.2. The molecule has 0 unspecified atom stereocenters. The molecule has 0 spiro atoms. The Labute approximate surface area is 108 Å². The van der Waals surface area contributed by atoms with Crippen LogP contribution >= 0.6 is 0 Å². The van der Waals surface area contributed by atoms with E-state index in [0.717, 1.165) is 6.42 Å². The van der Waals surface area contributed by atoms with Crippen molar-refractivity contribution in [2.45, 2.75) is 18.0 Å². The molecule has 1 aliphatic rings. The summed E-state index contributed by atoms with van der Waals surface area (Å²) in [5, 5.41) is 3.64. The average molecular weight is 235 g/mol. The highest BCUT2D eigenvalue weighted by atomic mass is 15.2. The van der Waals surface area contributed by atoms with Gasteiger partial charge in [-0.1, -0.05) is 66.7 Å². The minimum absolute atomic E-state index is 0.0460. The second-order valence-corrected chi connectivity index (χ2v) is 4.82. The molecule has 2 atom stereocenters. The van der Waals surface area contributed by atoms with E-state index in [9.17, 15) is 0 Å². The summed E-state index contributed by atoms with van der Waals surface area (Å²) in [7, 11) is 0. The Kier molecular flexibility index (Phi) is 2.77. The molecule has 90 valence electrons. The summed E-state index contributed by atoms with van der Waals surface area (Å²) in [5.41, 5.74) is 2.74. The van der Waals surface area contributed by atoms with Crippen LogP contribution in [0, 0.1) is 0 Å². The van der Waals surface area contributed by atoms with E-state index in [-0.39, 0.29) is 5.54 Å². The van der Waals surface area contributed by atoms with Gasteiger partial charge in [0.2, 0.25) is 0 Å². The average Bonchev–Trinajstić information content (AvgIpc) is 3.17. The fourth-order valence-electron chi connectivity index (χ4n) is 2.74. The predicted octanol–water partition coefficient (Wildman–Crippen LogP) is 3.80. The largest absolute Gasteiger partial charge is 0.297 e. The Hall–Kier alpha value is -1.86. The summed E-state index contributed by atoms with van der Waals surface area (Å²) in [4.78, 5) is 0. The standard InChI is InChI=1S/C17H17N/c1-2-13-17(15-11-7-4-8-12-15)16(18-17)14-9-5-3-6-10-14/h2-12,16,18H,1,13H2/t16-,17+/m0/s1. The van der Waals surface area contributed by atoms with Gasteiger partial charge in [-0.25, -0.2) is 0 Å². The van der Waals surface area contributed by atoms with E-state index in [2.05, 4.69) is 72.6 Å². The van der Waals surface area contributed by atoms with Crippen LogP contribution in [0.2, 0.25) is 0 Å². The van der Waals surface area contributed by atoms with Gasteiger partial charge in [-0.15, -0.1) is 6.58 Å². The highest BCUT2D eigenvalue weighted by molar-refractivity contribution is 5.41.